The third kappa shape index (κ3) is 6.95. The molecular formula is C26H28ClFN4O7S. The average molecular weight is 595 g/mol. The Hall–Kier alpha value is -3.55. The Bertz CT molecular complexity index is 1410. The number of Topliss-reactive ketones (excluding diaryl/α,β-unsaturated/α-hetero) is 1. The maximum Gasteiger partial charge on any atom is 0.325 e. The minimum Gasteiger partial charge on any atom is -0.483 e. The summed E-state index contributed by atoms with van der Waals surface area (Å²) in [5, 5.41) is 0.182. The number of halogens is 2. The molecule has 0 aromatic heterocycles. The molecular weight excluding hydrogens is 567 g/mol. The molecule has 40 heavy (non-hydrogen) atoms. The number of nitrogens with zero attached hydrogens (tertiary/aromatic N) is 2. The summed E-state index contributed by atoms with van der Waals surface area (Å²) < 4.78 is 45.2. The molecule has 0 spiro atoms. The maximum absolute atomic E-state index is 13.2. The number of nitrogens with one attached hydrogen (secondary N) is 2. The molecule has 2 aromatic rings. The lowest BCUT2D eigenvalue weighted by Gasteiger charge is -2.44. The van der Waals surface area contributed by atoms with Crippen LogP contribution in [0.3, 0.4) is 0 Å². The zero-order valence-corrected chi connectivity index (χ0v) is 23.3. The van der Waals surface area contributed by atoms with E-state index in [1.54, 1.807) is 26.5 Å². The number of ketones is 1. The van der Waals surface area contributed by atoms with E-state index in [0.717, 1.165) is 5.56 Å². The van der Waals surface area contributed by atoms with Gasteiger partial charge in [0.1, 0.15) is 17.5 Å². The molecule has 0 aliphatic carbocycles. The van der Waals surface area contributed by atoms with Crippen molar-refractivity contribution in [3.05, 3.63) is 64.4 Å². The maximum atomic E-state index is 13.2. The molecule has 0 bridgehead atoms. The van der Waals surface area contributed by atoms with Crippen LogP contribution in [0.25, 0.3) is 0 Å². The fourth-order valence-corrected chi connectivity index (χ4v) is 5.73. The van der Waals surface area contributed by atoms with Crippen molar-refractivity contribution in [1.29, 1.82) is 0 Å². The highest BCUT2D eigenvalue weighted by Crippen LogP contribution is 2.27. The normalized spacial score (nSPS) is 21.4. The summed E-state index contributed by atoms with van der Waals surface area (Å²) in [6.45, 7) is 5.18. The second-order valence-corrected chi connectivity index (χ2v) is 11.7. The first-order valence-corrected chi connectivity index (χ1v) is 14.3. The summed E-state index contributed by atoms with van der Waals surface area (Å²) in [4.78, 5) is 54.2. The Balaban J connectivity index is 1.39. The molecule has 2 atom stereocenters. The van der Waals surface area contributed by atoms with Crippen LogP contribution in [0.1, 0.15) is 36.2 Å². The highest BCUT2D eigenvalue weighted by Gasteiger charge is 2.39. The number of amides is 3. The van der Waals surface area contributed by atoms with Crippen LogP contribution in [0.2, 0.25) is 5.02 Å². The smallest absolute Gasteiger partial charge is 0.325 e. The Kier molecular flexibility index (Phi) is 8.76. The molecule has 2 aromatic carbocycles. The lowest BCUT2D eigenvalue weighted by Crippen LogP contribution is -2.58. The predicted octanol–water partition coefficient (Wildman–Crippen LogP) is 1.66. The number of piperazine rings is 1. The van der Waals surface area contributed by atoms with E-state index in [4.69, 9.17) is 16.3 Å². The SMILES string of the molecule is CC1CN(C(=O)COc2ccc(Cl)cc2C(=O)CC2C(=O)NS(=O)(=O)NC2=O)C(C)CN1Cc1ccc(F)cc1. The van der Waals surface area contributed by atoms with Crippen LogP contribution in [-0.2, 0) is 31.1 Å². The summed E-state index contributed by atoms with van der Waals surface area (Å²) >= 11 is 6.05. The Morgan fingerprint density at radius 1 is 1.02 bits per heavy atom. The molecule has 11 nitrogen and oxygen atoms in total. The third-order valence-corrected chi connectivity index (χ3v) is 7.99. The van der Waals surface area contributed by atoms with Crippen molar-refractivity contribution >= 4 is 45.3 Å². The van der Waals surface area contributed by atoms with Gasteiger partial charge in [-0.15, -0.1) is 0 Å². The summed E-state index contributed by atoms with van der Waals surface area (Å²) in [6, 6.07) is 10.3. The van der Waals surface area contributed by atoms with Crippen molar-refractivity contribution in [3.63, 3.8) is 0 Å². The van der Waals surface area contributed by atoms with Gasteiger partial charge in [0.15, 0.2) is 12.4 Å². The second kappa shape index (κ2) is 11.9. The van der Waals surface area contributed by atoms with Gasteiger partial charge in [0.2, 0.25) is 11.8 Å². The molecule has 2 aliphatic rings. The lowest BCUT2D eigenvalue weighted by atomic mass is 9.96. The van der Waals surface area contributed by atoms with Crippen LogP contribution in [0, 0.1) is 11.7 Å². The highest BCUT2D eigenvalue weighted by molar-refractivity contribution is 7.88. The largest absolute Gasteiger partial charge is 0.483 e. The van der Waals surface area contributed by atoms with Crippen molar-refractivity contribution in [2.75, 3.05) is 19.7 Å². The number of ether oxygens (including phenoxy) is 1. The molecule has 14 heteroatoms. The van der Waals surface area contributed by atoms with Gasteiger partial charge in [-0.3, -0.25) is 24.1 Å². The van der Waals surface area contributed by atoms with Gasteiger partial charge < -0.3 is 9.64 Å². The van der Waals surface area contributed by atoms with Crippen LogP contribution >= 0.6 is 11.6 Å². The van der Waals surface area contributed by atoms with E-state index in [1.807, 2.05) is 13.8 Å². The van der Waals surface area contributed by atoms with Gasteiger partial charge >= 0.3 is 10.2 Å². The summed E-state index contributed by atoms with van der Waals surface area (Å²) in [7, 11) is -4.30. The zero-order chi connectivity index (χ0) is 29.2. The number of rotatable bonds is 8. The first-order valence-electron chi connectivity index (χ1n) is 12.4. The standard InChI is InChI=1S/C26H28ClFN4O7S/c1-15-12-32(16(2)11-31(15)13-17-3-6-19(28)7-4-17)24(34)14-39-23-8-5-18(27)9-20(23)22(33)10-21-25(35)29-40(37,38)30-26(21)36/h3-9,15-16,21H,10-14H2,1-2H3,(H,29,35)(H,30,36). The van der Waals surface area contributed by atoms with Crippen molar-refractivity contribution < 1.29 is 36.7 Å². The van der Waals surface area contributed by atoms with Crippen molar-refractivity contribution in [3.8, 4) is 5.75 Å². The number of hydrogen-bond acceptors (Lipinski definition) is 8. The number of hydrogen-bond donors (Lipinski definition) is 2. The molecule has 2 heterocycles. The van der Waals surface area contributed by atoms with Crippen molar-refractivity contribution in [1.82, 2.24) is 19.2 Å². The minimum absolute atomic E-state index is 0.0227. The van der Waals surface area contributed by atoms with Crippen molar-refractivity contribution in [2.24, 2.45) is 5.92 Å². The minimum atomic E-state index is -4.30. The molecule has 2 N–H and O–H groups in total. The molecule has 2 aliphatic heterocycles. The van der Waals surface area contributed by atoms with E-state index in [2.05, 4.69) is 4.90 Å². The Morgan fingerprint density at radius 2 is 1.68 bits per heavy atom. The van der Waals surface area contributed by atoms with Gasteiger partial charge in [0.25, 0.3) is 5.91 Å². The summed E-state index contributed by atoms with van der Waals surface area (Å²) in [5.41, 5.74) is 0.910. The van der Waals surface area contributed by atoms with E-state index in [9.17, 15) is 32.0 Å². The van der Waals surface area contributed by atoms with Gasteiger partial charge in [-0.1, -0.05) is 23.7 Å². The van der Waals surface area contributed by atoms with Crippen LogP contribution in [0.5, 0.6) is 5.75 Å². The number of carbonyl (C=O) groups is 4. The monoisotopic (exact) mass is 594 g/mol. The molecule has 2 fully saturated rings. The highest BCUT2D eigenvalue weighted by atomic mass is 35.5. The molecule has 0 radical (unpaired) electrons. The lowest BCUT2D eigenvalue weighted by molar-refractivity contribution is -0.139. The molecule has 3 amide bonds. The Labute approximate surface area is 235 Å². The average Bonchev–Trinajstić information content (AvgIpc) is 2.87. The number of benzene rings is 2. The molecule has 2 saturated heterocycles. The van der Waals surface area contributed by atoms with E-state index < -0.39 is 40.1 Å². The first kappa shape index (κ1) is 29.4. The van der Waals surface area contributed by atoms with Crippen molar-refractivity contribution in [2.45, 2.75) is 38.9 Å². The van der Waals surface area contributed by atoms with Gasteiger partial charge in [-0.05, 0) is 49.7 Å². The fourth-order valence-electron chi connectivity index (χ4n) is 4.69. The summed E-state index contributed by atoms with van der Waals surface area (Å²) in [5.74, 6) is -5.09. The van der Waals surface area contributed by atoms with Gasteiger partial charge in [-0.2, -0.15) is 8.42 Å². The quantitative estimate of drug-likeness (QED) is 0.347. The van der Waals surface area contributed by atoms with Crippen LogP contribution in [-0.4, -0.2) is 73.5 Å². The van der Waals surface area contributed by atoms with E-state index in [1.165, 1.54) is 30.3 Å². The second-order valence-electron chi connectivity index (χ2n) is 9.85. The molecule has 2 unspecified atom stereocenters. The topological polar surface area (TPSA) is 142 Å². The van der Waals surface area contributed by atoms with E-state index in [0.29, 0.717) is 19.6 Å². The molecule has 0 saturated carbocycles. The van der Waals surface area contributed by atoms with Crippen LogP contribution < -0.4 is 14.2 Å². The third-order valence-electron chi connectivity index (χ3n) is 6.82. The number of carbonyl (C=O) groups excluding carboxylic acids is 4. The zero-order valence-electron chi connectivity index (χ0n) is 21.7. The van der Waals surface area contributed by atoms with Crippen LogP contribution in [0.15, 0.2) is 42.5 Å². The van der Waals surface area contributed by atoms with Gasteiger partial charge in [0, 0.05) is 43.2 Å². The molecule has 214 valence electrons. The predicted molar refractivity (Wildman–Crippen MR) is 142 cm³/mol. The fraction of sp³-hybridized carbons (Fsp3) is 0.385. The summed E-state index contributed by atoms with van der Waals surface area (Å²) in [6.07, 6.45) is -0.637. The molecule has 4 rings (SSSR count). The Morgan fingerprint density at radius 3 is 2.33 bits per heavy atom. The van der Waals surface area contributed by atoms with E-state index >= 15 is 0 Å². The first-order chi connectivity index (χ1) is 18.8. The van der Waals surface area contributed by atoms with Gasteiger partial charge in [-0.25, -0.2) is 13.8 Å². The van der Waals surface area contributed by atoms with E-state index in [-0.39, 0.29) is 46.8 Å². The van der Waals surface area contributed by atoms with Gasteiger partial charge in [0.05, 0.1) is 5.56 Å². The van der Waals surface area contributed by atoms with Crippen LogP contribution in [0.4, 0.5) is 4.39 Å².